The predicted octanol–water partition coefficient (Wildman–Crippen LogP) is 2.40. The van der Waals surface area contributed by atoms with Crippen molar-refractivity contribution in [3.63, 3.8) is 0 Å². The van der Waals surface area contributed by atoms with Crippen molar-refractivity contribution in [3.8, 4) is 0 Å². The molecule has 2 unspecified atom stereocenters. The van der Waals surface area contributed by atoms with Crippen LogP contribution in [0.1, 0.15) is 13.8 Å². The van der Waals surface area contributed by atoms with Gasteiger partial charge in [0, 0.05) is 17.5 Å². The predicted molar refractivity (Wildman–Crippen MR) is 45.0 cm³/mol. The lowest BCUT2D eigenvalue weighted by Gasteiger charge is -2.26. The highest BCUT2D eigenvalue weighted by atomic mass is 19.4. The van der Waals surface area contributed by atoms with Crippen LogP contribution in [0.3, 0.4) is 0 Å². The van der Waals surface area contributed by atoms with E-state index >= 15 is 0 Å². The molecule has 0 bridgehead atoms. The van der Waals surface area contributed by atoms with Crippen molar-refractivity contribution in [3.05, 3.63) is 23.3 Å². The number of nitrogens with two attached hydrogens (primary N) is 1. The molecule has 0 aromatic rings. The summed E-state index contributed by atoms with van der Waals surface area (Å²) in [6, 6.07) is -0.526. The van der Waals surface area contributed by atoms with Crippen LogP contribution in [-0.2, 0) is 0 Å². The number of alkyl halides is 3. The Bertz CT molecular complexity index is 263. The topological polar surface area (TPSA) is 26.0 Å². The van der Waals surface area contributed by atoms with Crippen molar-refractivity contribution in [1.82, 2.24) is 0 Å². The first-order valence-electron chi connectivity index (χ1n) is 4.05. The van der Waals surface area contributed by atoms with Gasteiger partial charge in [0.1, 0.15) is 0 Å². The van der Waals surface area contributed by atoms with Crippen molar-refractivity contribution in [2.45, 2.75) is 26.1 Å². The molecular weight excluding hydrogens is 179 g/mol. The maximum absolute atomic E-state index is 12.4. The molecule has 0 aromatic heterocycles. The number of hydrogen-bond acceptors (Lipinski definition) is 1. The van der Waals surface area contributed by atoms with E-state index in [0.717, 1.165) is 6.08 Å². The minimum atomic E-state index is -4.26. The number of rotatable bonds is 0. The Kier molecular flexibility index (Phi) is 2.52. The van der Waals surface area contributed by atoms with Gasteiger partial charge in [0.25, 0.3) is 0 Å². The third-order valence-electron chi connectivity index (χ3n) is 2.23. The molecule has 0 aromatic carbocycles. The van der Waals surface area contributed by atoms with E-state index in [1.807, 2.05) is 0 Å². The Morgan fingerprint density at radius 1 is 1.38 bits per heavy atom. The van der Waals surface area contributed by atoms with Crippen molar-refractivity contribution < 1.29 is 13.2 Å². The van der Waals surface area contributed by atoms with Gasteiger partial charge in [-0.25, -0.2) is 0 Å². The summed E-state index contributed by atoms with van der Waals surface area (Å²) in [5.41, 5.74) is 5.59. The first-order chi connectivity index (χ1) is 5.82. The summed E-state index contributed by atoms with van der Waals surface area (Å²) < 4.78 is 37.2. The smallest absolute Gasteiger partial charge is 0.324 e. The summed E-state index contributed by atoms with van der Waals surface area (Å²) in [4.78, 5) is 0. The molecular formula is C9H12F3N. The summed E-state index contributed by atoms with van der Waals surface area (Å²) in [5.74, 6) is -0.649. The zero-order valence-corrected chi connectivity index (χ0v) is 7.52. The lowest BCUT2D eigenvalue weighted by Crippen LogP contribution is -2.34. The first kappa shape index (κ1) is 10.3. The molecule has 2 atom stereocenters. The number of hydrogen-bond donors (Lipinski definition) is 1. The maximum Gasteiger partial charge on any atom is 0.413 e. The molecule has 0 heterocycles. The van der Waals surface area contributed by atoms with E-state index in [2.05, 4.69) is 0 Å². The Labute approximate surface area is 75.1 Å². The average molecular weight is 191 g/mol. The molecule has 0 fully saturated rings. The summed E-state index contributed by atoms with van der Waals surface area (Å²) in [6.45, 7) is 3.12. The van der Waals surface area contributed by atoms with E-state index in [0.29, 0.717) is 5.57 Å². The van der Waals surface area contributed by atoms with Gasteiger partial charge in [0.2, 0.25) is 0 Å². The zero-order chi connectivity index (χ0) is 10.2. The summed E-state index contributed by atoms with van der Waals surface area (Å²) in [6.07, 6.45) is -1.44. The molecule has 2 N–H and O–H groups in total. The third-order valence-corrected chi connectivity index (χ3v) is 2.23. The zero-order valence-electron chi connectivity index (χ0n) is 7.52. The van der Waals surface area contributed by atoms with Gasteiger partial charge in [-0.05, 0) is 6.92 Å². The van der Waals surface area contributed by atoms with Gasteiger partial charge in [-0.2, -0.15) is 13.2 Å². The van der Waals surface area contributed by atoms with Crippen molar-refractivity contribution in [2.24, 2.45) is 11.7 Å². The monoisotopic (exact) mass is 191 g/mol. The Balaban J connectivity index is 3.02. The van der Waals surface area contributed by atoms with Crippen molar-refractivity contribution in [2.75, 3.05) is 0 Å². The molecule has 0 spiro atoms. The fraction of sp³-hybridized carbons (Fsp3) is 0.556. The molecule has 4 heteroatoms. The fourth-order valence-corrected chi connectivity index (χ4v) is 1.42. The highest BCUT2D eigenvalue weighted by Gasteiger charge is 2.39. The van der Waals surface area contributed by atoms with E-state index in [4.69, 9.17) is 5.73 Å². The van der Waals surface area contributed by atoms with Crippen molar-refractivity contribution >= 4 is 0 Å². The average Bonchev–Trinajstić information content (AvgIpc) is 1.94. The largest absolute Gasteiger partial charge is 0.413 e. The van der Waals surface area contributed by atoms with E-state index in [1.165, 1.54) is 6.92 Å². The molecule has 0 amide bonds. The molecule has 0 saturated heterocycles. The van der Waals surface area contributed by atoms with Crippen molar-refractivity contribution in [1.29, 1.82) is 0 Å². The van der Waals surface area contributed by atoms with Crippen LogP contribution in [0.2, 0.25) is 0 Å². The van der Waals surface area contributed by atoms with Gasteiger partial charge in [-0.15, -0.1) is 0 Å². The van der Waals surface area contributed by atoms with Gasteiger partial charge in [-0.1, -0.05) is 24.6 Å². The second-order valence-electron chi connectivity index (χ2n) is 3.37. The van der Waals surface area contributed by atoms with E-state index in [-0.39, 0.29) is 0 Å². The minimum absolute atomic E-state index is 0.526. The second kappa shape index (κ2) is 3.18. The molecule has 0 aliphatic heterocycles. The highest BCUT2D eigenvalue weighted by molar-refractivity contribution is 5.33. The summed E-state index contributed by atoms with van der Waals surface area (Å²) in [7, 11) is 0. The quantitative estimate of drug-likeness (QED) is 0.625. The van der Waals surface area contributed by atoms with E-state index in [9.17, 15) is 13.2 Å². The minimum Gasteiger partial charge on any atom is -0.324 e. The third kappa shape index (κ3) is 2.12. The fourth-order valence-electron chi connectivity index (χ4n) is 1.42. The SMILES string of the molecule is CC1=CC(N)C(C)C(C(F)(F)F)=C1. The molecule has 74 valence electrons. The van der Waals surface area contributed by atoms with Gasteiger partial charge >= 0.3 is 6.18 Å². The van der Waals surface area contributed by atoms with Gasteiger partial charge in [-0.3, -0.25) is 0 Å². The van der Waals surface area contributed by atoms with E-state index < -0.39 is 23.7 Å². The maximum atomic E-state index is 12.4. The van der Waals surface area contributed by atoms with Crippen LogP contribution in [0, 0.1) is 5.92 Å². The normalized spacial score (nSPS) is 29.7. The van der Waals surface area contributed by atoms with Crippen LogP contribution in [0.4, 0.5) is 13.2 Å². The Morgan fingerprint density at radius 2 is 1.92 bits per heavy atom. The molecule has 1 aliphatic rings. The van der Waals surface area contributed by atoms with Crippen LogP contribution in [-0.4, -0.2) is 12.2 Å². The summed E-state index contributed by atoms with van der Waals surface area (Å²) in [5, 5.41) is 0. The summed E-state index contributed by atoms with van der Waals surface area (Å²) >= 11 is 0. The lowest BCUT2D eigenvalue weighted by atomic mass is 9.86. The standard InChI is InChI=1S/C9H12F3N/c1-5-3-7(9(10,11)12)6(2)8(13)4-5/h3-4,6,8H,13H2,1-2H3. The molecule has 13 heavy (non-hydrogen) atoms. The molecule has 1 rings (SSSR count). The molecule has 1 aliphatic carbocycles. The van der Waals surface area contributed by atoms with Crippen LogP contribution < -0.4 is 5.73 Å². The van der Waals surface area contributed by atoms with Gasteiger partial charge < -0.3 is 5.73 Å². The van der Waals surface area contributed by atoms with Crippen LogP contribution in [0.15, 0.2) is 23.3 Å². The van der Waals surface area contributed by atoms with Crippen LogP contribution in [0.5, 0.6) is 0 Å². The first-order valence-corrected chi connectivity index (χ1v) is 4.05. The number of allylic oxidation sites excluding steroid dienone is 2. The lowest BCUT2D eigenvalue weighted by molar-refractivity contribution is -0.0991. The molecule has 0 radical (unpaired) electrons. The second-order valence-corrected chi connectivity index (χ2v) is 3.37. The van der Waals surface area contributed by atoms with Gasteiger partial charge in [0.15, 0.2) is 0 Å². The Morgan fingerprint density at radius 3 is 2.38 bits per heavy atom. The Hall–Kier alpha value is -0.770. The molecule has 0 saturated carbocycles. The van der Waals surface area contributed by atoms with Crippen LogP contribution >= 0.6 is 0 Å². The highest BCUT2D eigenvalue weighted by Crippen LogP contribution is 2.36. The number of halogens is 3. The molecule has 1 nitrogen and oxygen atoms in total. The van der Waals surface area contributed by atoms with Gasteiger partial charge in [0.05, 0.1) is 0 Å². The van der Waals surface area contributed by atoms with E-state index in [1.54, 1.807) is 13.0 Å². The van der Waals surface area contributed by atoms with Crippen LogP contribution in [0.25, 0.3) is 0 Å².